The van der Waals surface area contributed by atoms with Crippen molar-refractivity contribution in [3.05, 3.63) is 68.3 Å². The summed E-state index contributed by atoms with van der Waals surface area (Å²) >= 11 is 8.38. The lowest BCUT2D eigenvalue weighted by molar-refractivity contribution is -0.140. The van der Waals surface area contributed by atoms with Crippen molar-refractivity contribution in [1.29, 1.82) is 0 Å². The van der Waals surface area contributed by atoms with Gasteiger partial charge in [-0.1, -0.05) is 42.0 Å². The standard InChI is InChI=1S/C24H20ClIN2O4/c1-31-19-9-13(8-18(26)22(19)32-12-16-4-2-3-5-17(16)25)11-27-28-23(29)20-14-6-7-15(10-14)21(20)24(28)30/h2-9,11,14-15,20-21H,10,12H2,1H3/b27-11-/t14-,15-,20+,21+/m0/s1. The molecule has 5 rings (SSSR count). The van der Waals surface area contributed by atoms with E-state index in [0.29, 0.717) is 28.7 Å². The van der Waals surface area contributed by atoms with E-state index in [1.165, 1.54) is 6.21 Å². The van der Waals surface area contributed by atoms with Crippen molar-refractivity contribution in [2.24, 2.45) is 28.8 Å². The molecule has 164 valence electrons. The Morgan fingerprint density at radius 1 is 1.16 bits per heavy atom. The van der Waals surface area contributed by atoms with Gasteiger partial charge in [-0.3, -0.25) is 9.59 Å². The molecule has 1 heterocycles. The second kappa shape index (κ2) is 8.51. The van der Waals surface area contributed by atoms with Crippen molar-refractivity contribution in [2.75, 3.05) is 7.11 Å². The summed E-state index contributed by atoms with van der Waals surface area (Å²) in [5.74, 6) is 0.535. The van der Waals surface area contributed by atoms with E-state index in [0.717, 1.165) is 20.6 Å². The number of hydrogen-bond acceptors (Lipinski definition) is 5. The van der Waals surface area contributed by atoms with Gasteiger partial charge in [0, 0.05) is 10.6 Å². The predicted molar refractivity (Wildman–Crippen MR) is 129 cm³/mol. The lowest BCUT2D eigenvalue weighted by Crippen LogP contribution is -2.28. The highest BCUT2D eigenvalue weighted by atomic mass is 127. The van der Waals surface area contributed by atoms with Crippen molar-refractivity contribution in [1.82, 2.24) is 5.01 Å². The zero-order valence-electron chi connectivity index (χ0n) is 17.2. The Labute approximate surface area is 204 Å². The van der Waals surface area contributed by atoms with Crippen molar-refractivity contribution in [3.8, 4) is 11.5 Å². The van der Waals surface area contributed by atoms with Gasteiger partial charge < -0.3 is 9.47 Å². The van der Waals surface area contributed by atoms with Crippen molar-refractivity contribution >= 4 is 52.2 Å². The van der Waals surface area contributed by atoms with E-state index in [1.54, 1.807) is 13.2 Å². The van der Waals surface area contributed by atoms with Gasteiger partial charge in [0.15, 0.2) is 11.5 Å². The summed E-state index contributed by atoms with van der Waals surface area (Å²) in [4.78, 5) is 25.6. The van der Waals surface area contributed by atoms with Gasteiger partial charge in [-0.05, 0) is 64.6 Å². The van der Waals surface area contributed by atoms with Crippen LogP contribution in [0.5, 0.6) is 11.5 Å². The number of rotatable bonds is 6. The second-order valence-corrected chi connectivity index (χ2v) is 9.72. The highest BCUT2D eigenvalue weighted by Crippen LogP contribution is 2.52. The van der Waals surface area contributed by atoms with E-state index in [2.05, 4.69) is 39.8 Å². The first kappa shape index (κ1) is 21.5. The number of carbonyl (C=O) groups excluding carboxylic acids is 2. The van der Waals surface area contributed by atoms with Crippen LogP contribution in [-0.4, -0.2) is 30.1 Å². The van der Waals surface area contributed by atoms with Crippen molar-refractivity contribution in [2.45, 2.75) is 13.0 Å². The van der Waals surface area contributed by atoms with Gasteiger partial charge in [-0.15, -0.1) is 0 Å². The van der Waals surface area contributed by atoms with Crippen LogP contribution in [0.25, 0.3) is 0 Å². The number of halogens is 2. The third-order valence-corrected chi connectivity index (χ3v) is 7.52. The quantitative estimate of drug-likeness (QED) is 0.222. The van der Waals surface area contributed by atoms with Crippen LogP contribution in [0.4, 0.5) is 0 Å². The van der Waals surface area contributed by atoms with Crippen LogP contribution >= 0.6 is 34.2 Å². The maximum Gasteiger partial charge on any atom is 0.254 e. The molecular weight excluding hydrogens is 543 g/mol. The lowest BCUT2D eigenvalue weighted by atomic mass is 9.85. The monoisotopic (exact) mass is 562 g/mol. The van der Waals surface area contributed by atoms with Gasteiger partial charge in [0.1, 0.15) is 6.61 Å². The molecule has 1 aliphatic heterocycles. The third kappa shape index (κ3) is 3.61. The molecule has 2 fully saturated rings. The highest BCUT2D eigenvalue weighted by molar-refractivity contribution is 14.1. The first-order valence-corrected chi connectivity index (χ1v) is 11.8. The largest absolute Gasteiger partial charge is 0.493 e. The van der Waals surface area contributed by atoms with E-state index in [-0.39, 0.29) is 35.5 Å². The Morgan fingerprint density at radius 2 is 1.84 bits per heavy atom. The maximum absolute atomic E-state index is 12.8. The van der Waals surface area contributed by atoms with E-state index < -0.39 is 0 Å². The van der Waals surface area contributed by atoms with E-state index in [4.69, 9.17) is 21.1 Å². The fourth-order valence-corrected chi connectivity index (χ4v) is 5.82. The molecule has 32 heavy (non-hydrogen) atoms. The molecule has 2 bridgehead atoms. The molecule has 0 spiro atoms. The number of ether oxygens (including phenoxy) is 2. The lowest BCUT2D eigenvalue weighted by Gasteiger charge is -2.14. The van der Waals surface area contributed by atoms with E-state index in [9.17, 15) is 9.59 Å². The first-order chi connectivity index (χ1) is 15.5. The number of nitrogens with zero attached hydrogens (tertiary/aromatic N) is 2. The second-order valence-electron chi connectivity index (χ2n) is 8.15. The number of allylic oxidation sites excluding steroid dienone is 2. The van der Waals surface area contributed by atoms with Crippen LogP contribution in [0.2, 0.25) is 5.02 Å². The Kier molecular flexibility index (Phi) is 5.71. The fraction of sp³-hybridized carbons (Fsp3) is 0.292. The van der Waals surface area contributed by atoms with Gasteiger partial charge in [0.2, 0.25) is 0 Å². The molecule has 0 N–H and O–H groups in total. The zero-order valence-corrected chi connectivity index (χ0v) is 20.1. The molecule has 6 nitrogen and oxygen atoms in total. The predicted octanol–water partition coefficient (Wildman–Crippen LogP) is 4.67. The highest BCUT2D eigenvalue weighted by Gasteiger charge is 2.59. The summed E-state index contributed by atoms with van der Waals surface area (Å²) in [6, 6.07) is 11.1. The molecule has 2 aromatic carbocycles. The summed E-state index contributed by atoms with van der Waals surface area (Å²) in [5, 5.41) is 5.93. The summed E-state index contributed by atoms with van der Waals surface area (Å²) in [6.45, 7) is 0.301. The zero-order chi connectivity index (χ0) is 22.4. The molecule has 2 amide bonds. The molecule has 1 saturated heterocycles. The van der Waals surface area contributed by atoms with E-state index in [1.807, 2.05) is 30.3 Å². The number of imide groups is 1. The molecular formula is C24H20ClIN2O4. The molecule has 0 unspecified atom stereocenters. The van der Waals surface area contributed by atoms with Crippen LogP contribution in [0.15, 0.2) is 53.7 Å². The molecule has 4 atom stereocenters. The van der Waals surface area contributed by atoms with Crippen LogP contribution in [0.3, 0.4) is 0 Å². The van der Waals surface area contributed by atoms with Gasteiger partial charge >= 0.3 is 0 Å². The SMILES string of the molecule is COc1cc(/C=N\N2C(=O)[C@H]3[C@H](C2=O)[C@H]2C=C[C@H]3C2)cc(I)c1OCc1ccccc1Cl. The molecule has 0 radical (unpaired) electrons. The molecule has 0 aromatic heterocycles. The minimum Gasteiger partial charge on any atom is -0.493 e. The van der Waals surface area contributed by atoms with Crippen molar-refractivity contribution in [3.63, 3.8) is 0 Å². The molecule has 8 heteroatoms. The number of hydrogen-bond donors (Lipinski definition) is 0. The number of amides is 2. The van der Waals surface area contributed by atoms with Crippen LogP contribution in [-0.2, 0) is 16.2 Å². The Balaban J connectivity index is 1.34. The van der Waals surface area contributed by atoms with Crippen molar-refractivity contribution < 1.29 is 19.1 Å². The van der Waals surface area contributed by atoms with E-state index >= 15 is 0 Å². The Bertz CT molecular complexity index is 1130. The molecule has 2 aromatic rings. The average molecular weight is 563 g/mol. The number of methoxy groups -OCH3 is 1. The Hall–Kier alpha value is -2.39. The molecule has 2 aliphatic carbocycles. The smallest absolute Gasteiger partial charge is 0.254 e. The molecule has 1 saturated carbocycles. The van der Waals surface area contributed by atoms with Crippen LogP contribution in [0.1, 0.15) is 17.5 Å². The van der Waals surface area contributed by atoms with Gasteiger partial charge in [0.25, 0.3) is 11.8 Å². The van der Waals surface area contributed by atoms with Crippen LogP contribution < -0.4 is 9.47 Å². The minimum absolute atomic E-state index is 0.164. The first-order valence-electron chi connectivity index (χ1n) is 10.3. The van der Waals surface area contributed by atoms with Gasteiger partial charge in [-0.2, -0.15) is 10.1 Å². The normalized spacial score (nSPS) is 25.8. The maximum atomic E-state index is 12.8. The number of carbonyl (C=O) groups is 2. The average Bonchev–Trinajstić information content (AvgIpc) is 3.46. The molecule has 3 aliphatic rings. The summed E-state index contributed by atoms with van der Waals surface area (Å²) in [6.07, 6.45) is 6.56. The Morgan fingerprint density at radius 3 is 2.50 bits per heavy atom. The summed E-state index contributed by atoms with van der Waals surface area (Å²) < 4.78 is 12.3. The number of benzene rings is 2. The third-order valence-electron chi connectivity index (χ3n) is 6.35. The number of fused-ring (bicyclic) bond motifs is 5. The number of hydrazone groups is 1. The van der Waals surface area contributed by atoms with Gasteiger partial charge in [-0.25, -0.2) is 0 Å². The fourth-order valence-electron chi connectivity index (χ4n) is 4.84. The van der Waals surface area contributed by atoms with Crippen LogP contribution in [0, 0.1) is 27.2 Å². The van der Waals surface area contributed by atoms with Gasteiger partial charge in [0.05, 0.1) is 28.7 Å². The minimum atomic E-state index is -0.259. The topological polar surface area (TPSA) is 68.2 Å². The summed E-state index contributed by atoms with van der Waals surface area (Å²) in [5.41, 5.74) is 1.58. The summed E-state index contributed by atoms with van der Waals surface area (Å²) in [7, 11) is 1.56.